The van der Waals surface area contributed by atoms with Crippen LogP contribution in [-0.4, -0.2) is 18.0 Å². The van der Waals surface area contributed by atoms with Crippen molar-refractivity contribution in [2.24, 2.45) is 5.73 Å². The molecule has 1 aliphatic carbocycles. The Kier molecular flexibility index (Phi) is 2.44. The zero-order valence-electron chi connectivity index (χ0n) is 8.29. The average molecular weight is 208 g/mol. The number of benzene rings is 1. The molecule has 0 bridgehead atoms. The second kappa shape index (κ2) is 3.62. The first-order chi connectivity index (χ1) is 7.15. The summed E-state index contributed by atoms with van der Waals surface area (Å²) < 4.78 is 12.6. The fraction of sp³-hybridized carbons (Fsp3) is 0.364. The van der Waals surface area contributed by atoms with Gasteiger partial charge in [0.05, 0.1) is 5.54 Å². The van der Waals surface area contributed by atoms with Crippen molar-refractivity contribution >= 4 is 5.91 Å². The molecule has 1 amide bonds. The molecule has 0 atom stereocenters. The molecule has 80 valence electrons. The third-order valence-electron chi connectivity index (χ3n) is 2.73. The third kappa shape index (κ3) is 2.15. The Morgan fingerprint density at radius 1 is 1.40 bits per heavy atom. The number of amides is 1. The lowest BCUT2D eigenvalue weighted by Crippen LogP contribution is -2.42. The quantitative estimate of drug-likeness (QED) is 0.780. The molecule has 15 heavy (non-hydrogen) atoms. The van der Waals surface area contributed by atoms with Crippen LogP contribution in [0.4, 0.5) is 4.39 Å². The summed E-state index contributed by atoms with van der Waals surface area (Å²) in [6.45, 7) is 0.458. The highest BCUT2D eigenvalue weighted by Gasteiger charge is 2.42. The molecule has 4 heteroatoms. The van der Waals surface area contributed by atoms with E-state index in [0.29, 0.717) is 12.1 Å². The van der Waals surface area contributed by atoms with Gasteiger partial charge in [-0.05, 0) is 37.1 Å². The Bertz CT molecular complexity index is 371. The molecule has 3 N–H and O–H groups in total. The Hall–Kier alpha value is -1.42. The lowest BCUT2D eigenvalue weighted by molar-refractivity contribution is 0.0933. The number of halogens is 1. The molecule has 0 radical (unpaired) electrons. The molecular formula is C11H13FN2O. The molecule has 0 unspecified atom stereocenters. The number of carbonyl (C=O) groups excluding carboxylic acids is 1. The van der Waals surface area contributed by atoms with Crippen molar-refractivity contribution in [1.29, 1.82) is 0 Å². The first-order valence-corrected chi connectivity index (χ1v) is 4.93. The number of carbonyl (C=O) groups is 1. The van der Waals surface area contributed by atoms with Crippen molar-refractivity contribution < 1.29 is 9.18 Å². The van der Waals surface area contributed by atoms with Crippen LogP contribution in [0.1, 0.15) is 23.2 Å². The minimum Gasteiger partial charge on any atom is -0.345 e. The molecule has 1 aromatic carbocycles. The van der Waals surface area contributed by atoms with Gasteiger partial charge in [0, 0.05) is 12.1 Å². The number of rotatable bonds is 3. The molecule has 1 aromatic rings. The first kappa shape index (κ1) is 10.1. The second-order valence-corrected chi connectivity index (χ2v) is 3.95. The van der Waals surface area contributed by atoms with Gasteiger partial charge in [0.25, 0.3) is 5.91 Å². The van der Waals surface area contributed by atoms with Crippen molar-refractivity contribution in [3.63, 3.8) is 0 Å². The van der Waals surface area contributed by atoms with Crippen LogP contribution in [0.2, 0.25) is 0 Å². The number of hydrogen-bond acceptors (Lipinski definition) is 2. The third-order valence-corrected chi connectivity index (χ3v) is 2.73. The van der Waals surface area contributed by atoms with Gasteiger partial charge < -0.3 is 11.1 Å². The highest BCUT2D eigenvalue weighted by molar-refractivity contribution is 5.94. The van der Waals surface area contributed by atoms with E-state index in [1.807, 2.05) is 0 Å². The maximum Gasteiger partial charge on any atom is 0.251 e. The molecule has 0 aliphatic heterocycles. The fourth-order valence-corrected chi connectivity index (χ4v) is 1.45. The van der Waals surface area contributed by atoms with E-state index in [-0.39, 0.29) is 17.3 Å². The Morgan fingerprint density at radius 2 is 2.00 bits per heavy atom. The molecular weight excluding hydrogens is 195 g/mol. The van der Waals surface area contributed by atoms with E-state index in [4.69, 9.17) is 5.73 Å². The standard InChI is InChI=1S/C11H13FN2O/c12-9-3-1-8(2-4-9)10(15)14-11(7-13)5-6-11/h1-4H,5-7,13H2,(H,14,15). The predicted molar refractivity (Wildman–Crippen MR) is 54.9 cm³/mol. The normalized spacial score (nSPS) is 17.2. The Labute approximate surface area is 87.5 Å². The van der Waals surface area contributed by atoms with Crippen LogP contribution in [-0.2, 0) is 0 Å². The van der Waals surface area contributed by atoms with Gasteiger partial charge in [-0.3, -0.25) is 4.79 Å². The van der Waals surface area contributed by atoms with Crippen LogP contribution in [0.15, 0.2) is 24.3 Å². The van der Waals surface area contributed by atoms with Gasteiger partial charge in [-0.25, -0.2) is 4.39 Å². The van der Waals surface area contributed by atoms with E-state index < -0.39 is 0 Å². The van der Waals surface area contributed by atoms with Crippen molar-refractivity contribution in [3.05, 3.63) is 35.6 Å². The molecule has 0 spiro atoms. The maximum atomic E-state index is 12.6. The monoisotopic (exact) mass is 208 g/mol. The molecule has 0 saturated heterocycles. The van der Waals surface area contributed by atoms with Crippen LogP contribution < -0.4 is 11.1 Å². The predicted octanol–water partition coefficient (Wildman–Crippen LogP) is 1.05. The Balaban J connectivity index is 2.05. The van der Waals surface area contributed by atoms with E-state index in [0.717, 1.165) is 12.8 Å². The average Bonchev–Trinajstić information content (AvgIpc) is 2.99. The summed E-state index contributed by atoms with van der Waals surface area (Å²) in [5, 5.41) is 2.87. The van der Waals surface area contributed by atoms with Crippen LogP contribution in [0.5, 0.6) is 0 Å². The van der Waals surface area contributed by atoms with Gasteiger partial charge in [0.2, 0.25) is 0 Å². The Morgan fingerprint density at radius 3 is 2.47 bits per heavy atom. The SMILES string of the molecule is NCC1(NC(=O)c2ccc(F)cc2)CC1. The molecule has 0 heterocycles. The van der Waals surface area contributed by atoms with E-state index >= 15 is 0 Å². The lowest BCUT2D eigenvalue weighted by atomic mass is 10.2. The maximum absolute atomic E-state index is 12.6. The highest BCUT2D eigenvalue weighted by Crippen LogP contribution is 2.34. The summed E-state index contributed by atoms with van der Waals surface area (Å²) >= 11 is 0. The molecule has 1 aliphatic rings. The molecule has 3 nitrogen and oxygen atoms in total. The number of nitrogens with one attached hydrogen (secondary N) is 1. The molecule has 2 rings (SSSR count). The van der Waals surface area contributed by atoms with Crippen LogP contribution >= 0.6 is 0 Å². The van der Waals surface area contributed by atoms with Gasteiger partial charge in [0.15, 0.2) is 0 Å². The zero-order valence-corrected chi connectivity index (χ0v) is 8.29. The van der Waals surface area contributed by atoms with E-state index in [1.165, 1.54) is 24.3 Å². The van der Waals surface area contributed by atoms with E-state index in [1.54, 1.807) is 0 Å². The topological polar surface area (TPSA) is 55.1 Å². The minimum absolute atomic E-state index is 0.182. The summed E-state index contributed by atoms with van der Waals surface area (Å²) in [7, 11) is 0. The van der Waals surface area contributed by atoms with Crippen molar-refractivity contribution in [3.8, 4) is 0 Å². The van der Waals surface area contributed by atoms with Crippen LogP contribution in [0.3, 0.4) is 0 Å². The van der Waals surface area contributed by atoms with Gasteiger partial charge in [-0.15, -0.1) is 0 Å². The summed E-state index contributed by atoms with van der Waals surface area (Å²) in [4.78, 5) is 11.7. The van der Waals surface area contributed by atoms with Gasteiger partial charge >= 0.3 is 0 Å². The van der Waals surface area contributed by atoms with Crippen molar-refractivity contribution in [2.75, 3.05) is 6.54 Å². The lowest BCUT2D eigenvalue weighted by Gasteiger charge is -2.14. The van der Waals surface area contributed by atoms with Crippen LogP contribution in [0.25, 0.3) is 0 Å². The smallest absolute Gasteiger partial charge is 0.251 e. The zero-order chi connectivity index (χ0) is 10.9. The largest absolute Gasteiger partial charge is 0.345 e. The highest BCUT2D eigenvalue weighted by atomic mass is 19.1. The molecule has 1 fully saturated rings. The summed E-state index contributed by atoms with van der Waals surface area (Å²) in [6, 6.07) is 5.49. The summed E-state index contributed by atoms with van der Waals surface area (Å²) in [5.74, 6) is -0.524. The summed E-state index contributed by atoms with van der Waals surface area (Å²) in [5.41, 5.74) is 5.81. The number of nitrogens with two attached hydrogens (primary N) is 1. The van der Waals surface area contributed by atoms with Gasteiger partial charge in [-0.2, -0.15) is 0 Å². The second-order valence-electron chi connectivity index (χ2n) is 3.95. The fourth-order valence-electron chi connectivity index (χ4n) is 1.45. The van der Waals surface area contributed by atoms with Crippen molar-refractivity contribution in [1.82, 2.24) is 5.32 Å². The molecule has 1 saturated carbocycles. The van der Waals surface area contributed by atoms with Gasteiger partial charge in [0.1, 0.15) is 5.82 Å². The minimum atomic E-state index is -0.341. The van der Waals surface area contributed by atoms with Crippen molar-refractivity contribution in [2.45, 2.75) is 18.4 Å². The van der Waals surface area contributed by atoms with E-state index in [2.05, 4.69) is 5.32 Å². The number of hydrogen-bond donors (Lipinski definition) is 2. The first-order valence-electron chi connectivity index (χ1n) is 4.93. The van der Waals surface area contributed by atoms with Gasteiger partial charge in [-0.1, -0.05) is 0 Å². The van der Waals surface area contributed by atoms with Crippen LogP contribution in [0, 0.1) is 5.82 Å². The molecule has 0 aromatic heterocycles. The summed E-state index contributed by atoms with van der Waals surface area (Å²) in [6.07, 6.45) is 1.85. The van der Waals surface area contributed by atoms with E-state index in [9.17, 15) is 9.18 Å².